The molecule has 3 aromatic rings. The largest absolute Gasteiger partial charge is 0.357 e. The maximum atomic E-state index is 12.1. The molecule has 2 heterocycles. The molecule has 2 aromatic heterocycles. The van der Waals surface area contributed by atoms with Crippen LogP contribution in [-0.4, -0.2) is 28.2 Å². The van der Waals surface area contributed by atoms with Gasteiger partial charge in [-0.15, -0.1) is 24.0 Å². The zero-order chi connectivity index (χ0) is 19.6. The number of aliphatic imine (C=N–C) groups is 1. The minimum Gasteiger partial charge on any atom is -0.357 e. The molecule has 0 aliphatic carbocycles. The fraction of sp³-hybridized carbons (Fsp3) is 0.250. The summed E-state index contributed by atoms with van der Waals surface area (Å²) < 4.78 is 1.59. The van der Waals surface area contributed by atoms with Gasteiger partial charge < -0.3 is 16.0 Å². The number of aromatic nitrogens is 2. The Balaban J connectivity index is 0.00000300. The van der Waals surface area contributed by atoms with Crippen LogP contribution in [0.1, 0.15) is 18.1 Å². The van der Waals surface area contributed by atoms with E-state index in [1.54, 1.807) is 34.5 Å². The van der Waals surface area contributed by atoms with Crippen molar-refractivity contribution in [3.63, 3.8) is 0 Å². The van der Waals surface area contributed by atoms with Crippen molar-refractivity contribution >= 4 is 52.9 Å². The molecule has 3 N–H and O–H groups in total. The number of carbonyl (C=O) groups excluding carboxylic acids is 1. The fourth-order valence-electron chi connectivity index (χ4n) is 2.58. The van der Waals surface area contributed by atoms with E-state index in [1.807, 2.05) is 31.2 Å². The summed E-state index contributed by atoms with van der Waals surface area (Å²) in [6, 6.07) is 11.6. The van der Waals surface area contributed by atoms with Gasteiger partial charge >= 0.3 is 0 Å². The van der Waals surface area contributed by atoms with E-state index in [-0.39, 0.29) is 36.4 Å². The summed E-state index contributed by atoms with van der Waals surface area (Å²) in [5.41, 5.74) is 3.01. The van der Waals surface area contributed by atoms with E-state index in [0.29, 0.717) is 13.1 Å². The number of thiophene rings is 1. The lowest BCUT2D eigenvalue weighted by Gasteiger charge is -2.12. The standard InChI is InChI=1S/C20H24N6OS.HI/c1-2-21-20(23-13-17-7-10-28-15-17)22-12-16-5-3-6-18(11-16)25-19(27)14-26-9-4-8-24-26;/h3-11,15H,2,12-14H2,1H3,(H,25,27)(H2,21,22,23);1H. The van der Waals surface area contributed by atoms with Gasteiger partial charge in [-0.1, -0.05) is 12.1 Å². The lowest BCUT2D eigenvalue weighted by molar-refractivity contribution is -0.116. The molecule has 0 unspecified atom stereocenters. The quantitative estimate of drug-likeness (QED) is 0.240. The predicted molar refractivity (Wildman–Crippen MR) is 129 cm³/mol. The molecule has 0 saturated heterocycles. The molecule has 0 bridgehead atoms. The number of guanidine groups is 1. The summed E-state index contributed by atoms with van der Waals surface area (Å²) in [6.07, 6.45) is 3.42. The number of carbonyl (C=O) groups is 1. The van der Waals surface area contributed by atoms with E-state index >= 15 is 0 Å². The first-order valence-corrected chi connectivity index (χ1v) is 10.1. The van der Waals surface area contributed by atoms with Crippen LogP contribution in [0.2, 0.25) is 0 Å². The van der Waals surface area contributed by atoms with Crippen LogP contribution < -0.4 is 16.0 Å². The minimum absolute atomic E-state index is 0. The second-order valence-electron chi connectivity index (χ2n) is 6.13. The highest BCUT2D eigenvalue weighted by molar-refractivity contribution is 14.0. The summed E-state index contributed by atoms with van der Waals surface area (Å²) >= 11 is 1.67. The van der Waals surface area contributed by atoms with Crippen LogP contribution in [-0.2, 0) is 24.4 Å². The number of anilines is 1. The SMILES string of the molecule is CCNC(=NCc1ccsc1)NCc1cccc(NC(=O)Cn2cccn2)c1.I. The summed E-state index contributed by atoms with van der Waals surface area (Å²) in [5.74, 6) is 0.654. The molecule has 7 nitrogen and oxygen atoms in total. The van der Waals surface area contributed by atoms with E-state index in [9.17, 15) is 4.79 Å². The molecule has 0 aliphatic heterocycles. The third-order valence-corrected chi connectivity index (χ3v) is 4.61. The van der Waals surface area contributed by atoms with Crippen molar-refractivity contribution in [2.45, 2.75) is 26.6 Å². The van der Waals surface area contributed by atoms with Gasteiger partial charge in [-0.3, -0.25) is 9.48 Å². The van der Waals surface area contributed by atoms with Crippen LogP contribution >= 0.6 is 35.3 Å². The first-order chi connectivity index (χ1) is 13.7. The van der Waals surface area contributed by atoms with Crippen molar-refractivity contribution in [3.05, 3.63) is 70.7 Å². The smallest absolute Gasteiger partial charge is 0.246 e. The van der Waals surface area contributed by atoms with Crippen molar-refractivity contribution in [2.24, 2.45) is 4.99 Å². The first-order valence-electron chi connectivity index (χ1n) is 9.12. The van der Waals surface area contributed by atoms with Crippen LogP contribution in [0.3, 0.4) is 0 Å². The molecule has 0 saturated carbocycles. The summed E-state index contributed by atoms with van der Waals surface area (Å²) in [5, 5.41) is 17.7. The van der Waals surface area contributed by atoms with Crippen molar-refractivity contribution in [3.8, 4) is 0 Å². The highest BCUT2D eigenvalue weighted by atomic mass is 127. The molecule has 1 amide bonds. The van der Waals surface area contributed by atoms with Crippen molar-refractivity contribution in [1.82, 2.24) is 20.4 Å². The molecule has 29 heavy (non-hydrogen) atoms. The molecular weight excluding hydrogens is 499 g/mol. The fourth-order valence-corrected chi connectivity index (χ4v) is 3.24. The Kier molecular flexibility index (Phi) is 9.65. The van der Waals surface area contributed by atoms with Gasteiger partial charge in [-0.05, 0) is 53.1 Å². The molecule has 154 valence electrons. The number of amides is 1. The lowest BCUT2D eigenvalue weighted by atomic mass is 10.2. The van der Waals surface area contributed by atoms with Gasteiger partial charge in [0.05, 0.1) is 6.54 Å². The second-order valence-corrected chi connectivity index (χ2v) is 6.91. The van der Waals surface area contributed by atoms with Gasteiger partial charge in [0.1, 0.15) is 6.54 Å². The number of nitrogens with one attached hydrogen (secondary N) is 3. The van der Waals surface area contributed by atoms with E-state index < -0.39 is 0 Å². The Labute approximate surface area is 191 Å². The molecular formula is C20H25IN6OS. The molecule has 9 heteroatoms. The Morgan fingerprint density at radius 2 is 2.10 bits per heavy atom. The molecule has 0 atom stereocenters. The molecule has 0 fully saturated rings. The number of halogens is 1. The van der Waals surface area contributed by atoms with E-state index in [0.717, 1.165) is 23.8 Å². The Hall–Kier alpha value is -2.40. The summed E-state index contributed by atoms with van der Waals surface area (Å²) in [6.45, 7) is 4.27. The summed E-state index contributed by atoms with van der Waals surface area (Å²) in [4.78, 5) is 16.7. The van der Waals surface area contributed by atoms with Crippen LogP contribution in [0.25, 0.3) is 0 Å². The van der Waals surface area contributed by atoms with Gasteiger partial charge in [0.2, 0.25) is 5.91 Å². The van der Waals surface area contributed by atoms with Crippen LogP contribution in [0, 0.1) is 0 Å². The maximum absolute atomic E-state index is 12.1. The van der Waals surface area contributed by atoms with Gasteiger partial charge in [-0.2, -0.15) is 16.4 Å². The number of benzene rings is 1. The maximum Gasteiger partial charge on any atom is 0.246 e. The predicted octanol–water partition coefficient (Wildman–Crippen LogP) is 3.46. The van der Waals surface area contributed by atoms with Crippen LogP contribution in [0.4, 0.5) is 5.69 Å². The number of nitrogens with zero attached hydrogens (tertiary/aromatic N) is 3. The van der Waals surface area contributed by atoms with Gasteiger partial charge in [0, 0.05) is 31.2 Å². The van der Waals surface area contributed by atoms with Gasteiger partial charge in [-0.25, -0.2) is 4.99 Å². The zero-order valence-electron chi connectivity index (χ0n) is 16.2. The number of hydrogen-bond acceptors (Lipinski definition) is 4. The normalized spacial score (nSPS) is 10.9. The highest BCUT2D eigenvalue weighted by Gasteiger charge is 2.05. The van der Waals surface area contributed by atoms with E-state index in [2.05, 4.69) is 42.9 Å². The average Bonchev–Trinajstić information content (AvgIpc) is 3.38. The summed E-state index contributed by atoms with van der Waals surface area (Å²) in [7, 11) is 0. The molecule has 0 radical (unpaired) electrons. The first kappa shape index (κ1) is 22.9. The zero-order valence-corrected chi connectivity index (χ0v) is 19.3. The van der Waals surface area contributed by atoms with E-state index in [4.69, 9.17) is 0 Å². The van der Waals surface area contributed by atoms with Crippen molar-refractivity contribution in [1.29, 1.82) is 0 Å². The minimum atomic E-state index is -0.112. The van der Waals surface area contributed by atoms with Crippen LogP contribution in [0.15, 0.2) is 64.5 Å². The topological polar surface area (TPSA) is 83.3 Å². The van der Waals surface area contributed by atoms with Crippen molar-refractivity contribution in [2.75, 3.05) is 11.9 Å². The third-order valence-electron chi connectivity index (χ3n) is 3.88. The van der Waals surface area contributed by atoms with Crippen molar-refractivity contribution < 1.29 is 4.79 Å². The van der Waals surface area contributed by atoms with E-state index in [1.165, 1.54) is 5.56 Å². The molecule has 3 rings (SSSR count). The molecule has 0 aliphatic rings. The third kappa shape index (κ3) is 7.86. The van der Waals surface area contributed by atoms with Crippen LogP contribution in [0.5, 0.6) is 0 Å². The molecule has 0 spiro atoms. The molecule has 1 aromatic carbocycles. The highest BCUT2D eigenvalue weighted by Crippen LogP contribution is 2.11. The monoisotopic (exact) mass is 524 g/mol. The number of rotatable bonds is 8. The Morgan fingerprint density at radius 3 is 2.83 bits per heavy atom. The van der Waals surface area contributed by atoms with Gasteiger partial charge in [0.25, 0.3) is 0 Å². The van der Waals surface area contributed by atoms with Gasteiger partial charge in [0.15, 0.2) is 5.96 Å². The second kappa shape index (κ2) is 12.2. The Morgan fingerprint density at radius 1 is 1.21 bits per heavy atom. The Bertz CT molecular complexity index is 896. The average molecular weight is 524 g/mol. The number of hydrogen-bond donors (Lipinski definition) is 3. The lowest BCUT2D eigenvalue weighted by Crippen LogP contribution is -2.36.